The van der Waals surface area contributed by atoms with Crippen molar-refractivity contribution in [2.45, 2.75) is 6.18 Å². The maximum Gasteiger partial charge on any atom is 0.417 e. The monoisotopic (exact) mass is 534 g/mol. The number of halogens is 5. The minimum Gasteiger partial charge on any atom is -0.424 e. The van der Waals surface area contributed by atoms with Crippen molar-refractivity contribution in [2.24, 2.45) is 0 Å². The van der Waals surface area contributed by atoms with Crippen molar-refractivity contribution >= 4 is 46.4 Å². The maximum absolute atomic E-state index is 13.0. The summed E-state index contributed by atoms with van der Waals surface area (Å²) in [7, 11) is 0. The molecular formula is C23H15Cl2F3N6O2. The normalized spacial score (nSPS) is 11.1. The second-order valence-electron chi connectivity index (χ2n) is 7.24. The number of alkyl halides is 3. The van der Waals surface area contributed by atoms with Crippen LogP contribution >= 0.6 is 23.2 Å². The van der Waals surface area contributed by atoms with Crippen LogP contribution in [0.1, 0.15) is 5.56 Å². The molecule has 0 fully saturated rings. The third kappa shape index (κ3) is 6.12. The van der Waals surface area contributed by atoms with Crippen LogP contribution < -0.4 is 21.1 Å². The van der Waals surface area contributed by atoms with E-state index in [2.05, 4.69) is 25.6 Å². The molecule has 0 bridgehead atoms. The molecule has 0 spiro atoms. The minimum absolute atomic E-state index is 0.0214. The predicted molar refractivity (Wildman–Crippen MR) is 130 cm³/mol. The van der Waals surface area contributed by atoms with Crippen molar-refractivity contribution in [3.05, 3.63) is 82.7 Å². The Morgan fingerprint density at radius 3 is 2.28 bits per heavy atom. The molecule has 8 nitrogen and oxygen atoms in total. The zero-order chi connectivity index (χ0) is 25.9. The van der Waals surface area contributed by atoms with Crippen LogP contribution in [0, 0.1) is 0 Å². The summed E-state index contributed by atoms with van der Waals surface area (Å²) in [5.74, 6) is 0.288. The average molecular weight is 535 g/mol. The zero-order valence-electron chi connectivity index (χ0n) is 18.0. The fraction of sp³-hybridized carbons (Fsp3) is 0.0435. The van der Waals surface area contributed by atoms with Crippen molar-refractivity contribution < 1.29 is 22.7 Å². The number of nitrogens with zero attached hydrogens (tertiary/aromatic N) is 3. The lowest BCUT2D eigenvalue weighted by Gasteiger charge is -2.11. The number of benzene rings is 2. The Morgan fingerprint density at radius 1 is 0.917 bits per heavy atom. The highest BCUT2D eigenvalue weighted by molar-refractivity contribution is 6.35. The summed E-state index contributed by atoms with van der Waals surface area (Å²) in [6.07, 6.45) is -1.21. The van der Waals surface area contributed by atoms with E-state index in [-0.39, 0.29) is 23.1 Å². The molecule has 2 aromatic heterocycles. The molecule has 0 aliphatic heterocycles. The fourth-order valence-electron chi connectivity index (χ4n) is 2.98. The molecule has 0 unspecified atom stereocenters. The predicted octanol–water partition coefficient (Wildman–Crippen LogP) is 6.88. The Labute approximate surface area is 212 Å². The van der Waals surface area contributed by atoms with Gasteiger partial charge in [0.1, 0.15) is 11.6 Å². The van der Waals surface area contributed by atoms with E-state index in [9.17, 15) is 18.0 Å². The van der Waals surface area contributed by atoms with Crippen molar-refractivity contribution in [1.29, 1.82) is 0 Å². The first-order chi connectivity index (χ1) is 17.1. The number of hydrogen-bond donors (Lipinski definition) is 3. The molecule has 36 heavy (non-hydrogen) atoms. The lowest BCUT2D eigenvalue weighted by atomic mass is 10.0. The number of carbonyl (C=O) groups is 1. The van der Waals surface area contributed by atoms with Gasteiger partial charge in [-0.15, -0.1) is 0 Å². The highest BCUT2D eigenvalue weighted by atomic mass is 35.5. The second-order valence-corrected chi connectivity index (χ2v) is 8.08. The van der Waals surface area contributed by atoms with Crippen LogP contribution in [-0.4, -0.2) is 21.0 Å². The number of rotatable bonds is 5. The molecule has 0 saturated heterocycles. The summed E-state index contributed by atoms with van der Waals surface area (Å²) < 4.78 is 44.5. The molecule has 184 valence electrons. The topological polar surface area (TPSA) is 115 Å². The number of nitrogen functional groups attached to an aromatic ring is 1. The molecule has 0 aliphatic rings. The van der Waals surface area contributed by atoms with Crippen LogP contribution in [0.15, 0.2) is 67.1 Å². The summed E-state index contributed by atoms with van der Waals surface area (Å²) in [5, 5.41) is 5.82. The molecule has 13 heteroatoms. The van der Waals surface area contributed by atoms with E-state index in [4.69, 9.17) is 33.7 Å². The van der Waals surface area contributed by atoms with Gasteiger partial charge in [0, 0.05) is 16.8 Å². The molecular weight excluding hydrogens is 520 g/mol. The number of urea groups is 1. The van der Waals surface area contributed by atoms with Crippen LogP contribution in [0.2, 0.25) is 10.0 Å². The maximum atomic E-state index is 13.0. The zero-order valence-corrected chi connectivity index (χ0v) is 19.5. The summed E-state index contributed by atoms with van der Waals surface area (Å²) in [6.45, 7) is 0. The Balaban J connectivity index is 1.40. The first kappa shape index (κ1) is 25.0. The number of aromatic nitrogens is 3. The Kier molecular flexibility index (Phi) is 7.13. The largest absolute Gasteiger partial charge is 0.424 e. The molecule has 4 N–H and O–H groups in total. The van der Waals surface area contributed by atoms with E-state index >= 15 is 0 Å². The number of ether oxygens (including phenoxy) is 1. The first-order valence-electron chi connectivity index (χ1n) is 10.0. The number of nitrogens with one attached hydrogen (secondary N) is 2. The lowest BCUT2D eigenvalue weighted by molar-refractivity contribution is -0.137. The van der Waals surface area contributed by atoms with E-state index in [1.54, 1.807) is 12.1 Å². The van der Waals surface area contributed by atoms with E-state index in [1.807, 2.05) is 0 Å². The molecule has 0 aliphatic carbocycles. The molecule has 2 heterocycles. The van der Waals surface area contributed by atoms with Crippen LogP contribution in [0.5, 0.6) is 11.8 Å². The lowest BCUT2D eigenvalue weighted by Crippen LogP contribution is -2.19. The number of amides is 2. The van der Waals surface area contributed by atoms with E-state index in [0.717, 1.165) is 6.07 Å². The molecule has 2 aromatic carbocycles. The van der Waals surface area contributed by atoms with Crippen LogP contribution in [-0.2, 0) is 6.18 Å². The third-order valence-corrected chi connectivity index (χ3v) is 5.25. The summed E-state index contributed by atoms with van der Waals surface area (Å²) in [4.78, 5) is 23.9. The Hall–Kier alpha value is -4.09. The highest BCUT2D eigenvalue weighted by Gasteiger charge is 2.31. The van der Waals surface area contributed by atoms with Crippen molar-refractivity contribution in [1.82, 2.24) is 15.0 Å². The van der Waals surface area contributed by atoms with Gasteiger partial charge in [0.25, 0.3) is 0 Å². The second kappa shape index (κ2) is 10.3. The Morgan fingerprint density at radius 2 is 1.61 bits per heavy atom. The summed E-state index contributed by atoms with van der Waals surface area (Å²) in [5.41, 5.74) is 6.02. The Bertz CT molecular complexity index is 1400. The van der Waals surface area contributed by atoms with Gasteiger partial charge < -0.3 is 21.1 Å². The average Bonchev–Trinajstić information content (AvgIpc) is 2.83. The van der Waals surface area contributed by atoms with Crippen LogP contribution in [0.4, 0.5) is 35.2 Å². The van der Waals surface area contributed by atoms with Crippen molar-refractivity contribution in [3.63, 3.8) is 0 Å². The molecule has 2 amide bonds. The number of nitrogens with two attached hydrogens (primary N) is 1. The molecule has 0 radical (unpaired) electrons. The van der Waals surface area contributed by atoms with Gasteiger partial charge in [0.05, 0.1) is 34.4 Å². The molecule has 4 aromatic rings. The van der Waals surface area contributed by atoms with Gasteiger partial charge >= 0.3 is 18.2 Å². The summed E-state index contributed by atoms with van der Waals surface area (Å²) in [6, 6.07) is 11.1. The number of anilines is 3. The van der Waals surface area contributed by atoms with Gasteiger partial charge in [0.15, 0.2) is 0 Å². The highest BCUT2D eigenvalue weighted by Crippen LogP contribution is 2.34. The van der Waals surface area contributed by atoms with Gasteiger partial charge in [-0.05, 0) is 42.0 Å². The summed E-state index contributed by atoms with van der Waals surface area (Å²) >= 11 is 11.9. The van der Waals surface area contributed by atoms with Gasteiger partial charge in [-0.3, -0.25) is 0 Å². The minimum atomic E-state index is -4.54. The van der Waals surface area contributed by atoms with Gasteiger partial charge in [-0.1, -0.05) is 35.3 Å². The fourth-order valence-corrected chi connectivity index (χ4v) is 3.32. The molecule has 0 saturated carbocycles. The van der Waals surface area contributed by atoms with E-state index in [1.165, 1.54) is 42.7 Å². The van der Waals surface area contributed by atoms with Crippen LogP contribution in [0.25, 0.3) is 11.1 Å². The van der Waals surface area contributed by atoms with E-state index in [0.29, 0.717) is 33.2 Å². The molecule has 4 rings (SSSR count). The SMILES string of the molecule is Nc1ncc(C(F)(F)F)cc1-c1ccc(Oc2ncc(NC(=O)Nc3cc(Cl)ccc3Cl)cn2)cc1. The van der Waals surface area contributed by atoms with Crippen LogP contribution in [0.3, 0.4) is 0 Å². The number of hydrogen-bond acceptors (Lipinski definition) is 6. The number of pyridine rings is 1. The quantitative estimate of drug-likeness (QED) is 0.257. The van der Waals surface area contributed by atoms with Gasteiger partial charge in [0.2, 0.25) is 0 Å². The standard InChI is InChI=1S/C23H15Cl2F3N6O2/c24-14-3-6-18(25)19(8-14)34-21(35)33-15-10-31-22(32-11-15)36-16-4-1-12(2-5-16)17-7-13(23(26,27)28)9-30-20(17)29/h1-11H,(H2,29,30)(H2,33,34,35). The van der Waals surface area contributed by atoms with Gasteiger partial charge in [-0.25, -0.2) is 19.7 Å². The smallest absolute Gasteiger partial charge is 0.417 e. The molecule has 0 atom stereocenters. The van der Waals surface area contributed by atoms with E-state index < -0.39 is 17.8 Å². The van der Waals surface area contributed by atoms with Crippen molar-refractivity contribution in [3.8, 4) is 22.9 Å². The number of carbonyl (C=O) groups excluding carboxylic acids is 1. The van der Waals surface area contributed by atoms with Crippen molar-refractivity contribution in [2.75, 3.05) is 16.4 Å². The first-order valence-corrected chi connectivity index (χ1v) is 10.8. The third-order valence-electron chi connectivity index (χ3n) is 4.68. The van der Waals surface area contributed by atoms with Gasteiger partial charge in [-0.2, -0.15) is 13.2 Å².